The highest BCUT2D eigenvalue weighted by atomic mass is 16.5. The van der Waals surface area contributed by atoms with Crippen molar-refractivity contribution in [3.8, 4) is 0 Å². The Balaban J connectivity index is 1.65. The van der Waals surface area contributed by atoms with Gasteiger partial charge in [0.1, 0.15) is 6.04 Å². The second kappa shape index (κ2) is 7.08. The number of aryl methyl sites for hydroxylation is 1. The molecule has 2 heterocycles. The standard InChI is InChI=1S/C15H23N7O2/c1-3-12(15-17-9(2)20-24-15)18-14(23)13-8-22(21-19-13)11-6-4-10(16)5-7-11/h8,10-12H,3-7,16H2,1-2H3,(H,18,23)/t10?,11?,12-/m0/s1. The molecule has 0 radical (unpaired) electrons. The number of hydrogen-bond donors (Lipinski definition) is 2. The lowest BCUT2D eigenvalue weighted by Gasteiger charge is -2.25. The van der Waals surface area contributed by atoms with Gasteiger partial charge in [0.15, 0.2) is 11.5 Å². The Labute approximate surface area is 140 Å². The van der Waals surface area contributed by atoms with Gasteiger partial charge in [0.25, 0.3) is 5.91 Å². The minimum atomic E-state index is -0.337. The lowest BCUT2D eigenvalue weighted by atomic mass is 9.92. The molecule has 0 unspecified atom stereocenters. The van der Waals surface area contributed by atoms with E-state index in [0.29, 0.717) is 23.8 Å². The summed E-state index contributed by atoms with van der Waals surface area (Å²) in [5.74, 6) is 0.646. The fourth-order valence-electron chi connectivity index (χ4n) is 2.95. The second-order valence-electron chi connectivity index (χ2n) is 6.27. The summed E-state index contributed by atoms with van der Waals surface area (Å²) in [7, 11) is 0. The number of nitrogens with one attached hydrogen (secondary N) is 1. The van der Waals surface area contributed by atoms with Crippen LogP contribution in [0.1, 0.15) is 73.3 Å². The molecule has 0 spiro atoms. The molecule has 0 aromatic carbocycles. The average Bonchev–Trinajstić information content (AvgIpc) is 3.22. The molecule has 9 heteroatoms. The van der Waals surface area contributed by atoms with Crippen molar-refractivity contribution in [2.75, 3.05) is 0 Å². The fraction of sp³-hybridized carbons (Fsp3) is 0.667. The quantitative estimate of drug-likeness (QED) is 0.844. The van der Waals surface area contributed by atoms with Crippen LogP contribution in [0.25, 0.3) is 0 Å². The maximum absolute atomic E-state index is 12.4. The van der Waals surface area contributed by atoms with Crippen molar-refractivity contribution in [3.63, 3.8) is 0 Å². The van der Waals surface area contributed by atoms with Crippen LogP contribution in [0.2, 0.25) is 0 Å². The zero-order valence-electron chi connectivity index (χ0n) is 14.0. The van der Waals surface area contributed by atoms with Gasteiger partial charge in [-0.2, -0.15) is 4.98 Å². The average molecular weight is 333 g/mol. The number of nitrogens with zero attached hydrogens (tertiary/aromatic N) is 5. The molecule has 2 aromatic heterocycles. The molecule has 3 N–H and O–H groups in total. The molecule has 1 amide bonds. The SMILES string of the molecule is CC[C@H](NC(=O)c1cn(C2CCC(N)CC2)nn1)c1nc(C)no1. The summed E-state index contributed by atoms with van der Waals surface area (Å²) in [5, 5.41) is 14.7. The fourth-order valence-corrected chi connectivity index (χ4v) is 2.95. The second-order valence-corrected chi connectivity index (χ2v) is 6.27. The van der Waals surface area contributed by atoms with E-state index in [9.17, 15) is 4.79 Å². The molecule has 9 nitrogen and oxygen atoms in total. The van der Waals surface area contributed by atoms with Crippen molar-refractivity contribution < 1.29 is 9.32 Å². The summed E-state index contributed by atoms with van der Waals surface area (Å²) in [4.78, 5) is 16.6. The van der Waals surface area contributed by atoms with Crippen LogP contribution in [0.4, 0.5) is 0 Å². The molecular formula is C15H23N7O2. The van der Waals surface area contributed by atoms with Gasteiger partial charge in [-0.1, -0.05) is 17.3 Å². The molecule has 0 aliphatic heterocycles. The van der Waals surface area contributed by atoms with Gasteiger partial charge in [0.2, 0.25) is 5.89 Å². The molecule has 130 valence electrons. The van der Waals surface area contributed by atoms with Crippen LogP contribution in [0.15, 0.2) is 10.7 Å². The van der Waals surface area contributed by atoms with Crippen molar-refractivity contribution in [1.29, 1.82) is 0 Å². The Morgan fingerprint density at radius 3 is 2.83 bits per heavy atom. The molecule has 1 aliphatic rings. The van der Waals surface area contributed by atoms with Crippen molar-refractivity contribution in [1.82, 2.24) is 30.5 Å². The molecule has 0 saturated heterocycles. The van der Waals surface area contributed by atoms with Gasteiger partial charge >= 0.3 is 0 Å². The summed E-state index contributed by atoms with van der Waals surface area (Å²) in [6.07, 6.45) is 6.21. The van der Waals surface area contributed by atoms with E-state index in [4.69, 9.17) is 10.3 Å². The molecule has 24 heavy (non-hydrogen) atoms. The lowest BCUT2D eigenvalue weighted by Crippen LogP contribution is -2.29. The van der Waals surface area contributed by atoms with E-state index in [2.05, 4.69) is 25.8 Å². The van der Waals surface area contributed by atoms with E-state index in [1.165, 1.54) is 0 Å². The van der Waals surface area contributed by atoms with Crippen molar-refractivity contribution in [3.05, 3.63) is 23.6 Å². The summed E-state index contributed by atoms with van der Waals surface area (Å²) in [6.45, 7) is 3.68. The minimum absolute atomic E-state index is 0.263. The molecule has 1 saturated carbocycles. The minimum Gasteiger partial charge on any atom is -0.339 e. The van der Waals surface area contributed by atoms with Crippen LogP contribution in [-0.4, -0.2) is 37.1 Å². The third-order valence-corrected chi connectivity index (χ3v) is 4.41. The van der Waals surface area contributed by atoms with Gasteiger partial charge < -0.3 is 15.6 Å². The number of amides is 1. The molecular weight excluding hydrogens is 310 g/mol. The topological polar surface area (TPSA) is 125 Å². The summed E-state index contributed by atoms with van der Waals surface area (Å²) >= 11 is 0. The van der Waals surface area contributed by atoms with E-state index in [1.54, 1.807) is 17.8 Å². The highest BCUT2D eigenvalue weighted by molar-refractivity contribution is 5.92. The highest BCUT2D eigenvalue weighted by Crippen LogP contribution is 2.26. The summed E-state index contributed by atoms with van der Waals surface area (Å²) in [6, 6.07) is 0.201. The largest absolute Gasteiger partial charge is 0.339 e. The van der Waals surface area contributed by atoms with Gasteiger partial charge in [-0.3, -0.25) is 4.79 Å². The van der Waals surface area contributed by atoms with Crippen LogP contribution < -0.4 is 11.1 Å². The number of carbonyl (C=O) groups is 1. The first-order chi connectivity index (χ1) is 11.6. The van der Waals surface area contributed by atoms with Crippen LogP contribution in [0, 0.1) is 6.92 Å². The number of rotatable bonds is 5. The molecule has 1 atom stereocenters. The maximum atomic E-state index is 12.4. The molecule has 0 bridgehead atoms. The Morgan fingerprint density at radius 1 is 1.46 bits per heavy atom. The zero-order valence-corrected chi connectivity index (χ0v) is 14.0. The highest BCUT2D eigenvalue weighted by Gasteiger charge is 2.24. The van der Waals surface area contributed by atoms with Crippen molar-refractivity contribution in [2.24, 2.45) is 5.73 Å². The molecule has 1 fully saturated rings. The number of carbonyl (C=O) groups excluding carboxylic acids is 1. The Bertz CT molecular complexity index is 688. The van der Waals surface area contributed by atoms with Gasteiger partial charge in [-0.05, 0) is 39.0 Å². The smallest absolute Gasteiger partial charge is 0.274 e. The first kappa shape index (κ1) is 16.6. The predicted molar refractivity (Wildman–Crippen MR) is 85.0 cm³/mol. The lowest BCUT2D eigenvalue weighted by molar-refractivity contribution is 0.0922. The predicted octanol–water partition coefficient (Wildman–Crippen LogP) is 1.29. The van der Waals surface area contributed by atoms with E-state index in [-0.39, 0.29) is 24.0 Å². The Kier molecular flexibility index (Phi) is 4.89. The summed E-state index contributed by atoms with van der Waals surface area (Å²) in [5.41, 5.74) is 6.22. The van der Waals surface area contributed by atoms with Crippen molar-refractivity contribution in [2.45, 2.75) is 64.1 Å². The van der Waals surface area contributed by atoms with E-state index in [1.807, 2.05) is 6.92 Å². The number of hydrogen-bond acceptors (Lipinski definition) is 7. The van der Waals surface area contributed by atoms with E-state index < -0.39 is 0 Å². The zero-order chi connectivity index (χ0) is 17.1. The van der Waals surface area contributed by atoms with Crippen LogP contribution >= 0.6 is 0 Å². The monoisotopic (exact) mass is 333 g/mol. The van der Waals surface area contributed by atoms with Gasteiger partial charge in [0.05, 0.1) is 12.2 Å². The Morgan fingerprint density at radius 2 is 2.21 bits per heavy atom. The van der Waals surface area contributed by atoms with Gasteiger partial charge in [-0.15, -0.1) is 5.10 Å². The third kappa shape index (κ3) is 3.61. The molecule has 2 aromatic rings. The normalized spacial score (nSPS) is 22.3. The van der Waals surface area contributed by atoms with Crippen LogP contribution in [-0.2, 0) is 0 Å². The Hall–Kier alpha value is -2.29. The third-order valence-electron chi connectivity index (χ3n) is 4.41. The van der Waals surface area contributed by atoms with E-state index >= 15 is 0 Å². The summed E-state index contributed by atoms with van der Waals surface area (Å²) < 4.78 is 6.91. The molecule has 1 aliphatic carbocycles. The molecule has 3 rings (SSSR count). The van der Waals surface area contributed by atoms with Gasteiger partial charge in [-0.25, -0.2) is 4.68 Å². The van der Waals surface area contributed by atoms with Crippen molar-refractivity contribution >= 4 is 5.91 Å². The van der Waals surface area contributed by atoms with Crippen LogP contribution in [0.3, 0.4) is 0 Å². The first-order valence-corrected chi connectivity index (χ1v) is 8.35. The number of aromatic nitrogens is 5. The van der Waals surface area contributed by atoms with Gasteiger partial charge in [0, 0.05) is 6.04 Å². The number of nitrogens with two attached hydrogens (primary N) is 1. The first-order valence-electron chi connectivity index (χ1n) is 8.35. The van der Waals surface area contributed by atoms with E-state index in [0.717, 1.165) is 25.7 Å². The maximum Gasteiger partial charge on any atom is 0.274 e. The van der Waals surface area contributed by atoms with Crippen LogP contribution in [0.5, 0.6) is 0 Å².